The number of aryl methyl sites for hydroxylation is 1. The van der Waals surface area contributed by atoms with Crippen molar-refractivity contribution in [2.45, 2.75) is 50.0 Å². The van der Waals surface area contributed by atoms with Crippen LogP contribution in [-0.4, -0.2) is 80.3 Å². The van der Waals surface area contributed by atoms with Gasteiger partial charge >= 0.3 is 0 Å². The number of nitrogens with zero attached hydrogens (tertiary/aromatic N) is 3. The van der Waals surface area contributed by atoms with Crippen LogP contribution < -0.4 is 14.8 Å². The summed E-state index contributed by atoms with van der Waals surface area (Å²) in [4.78, 5) is 57.1. The van der Waals surface area contributed by atoms with Gasteiger partial charge in [-0.3, -0.25) is 24.1 Å². The molecule has 1 aliphatic carbocycles. The molecule has 1 aromatic heterocycles. The molecule has 14 heteroatoms. The maximum Gasteiger partial charge on any atom is 0.261 e. The predicted octanol–water partition coefficient (Wildman–Crippen LogP) is 2.61. The molecule has 1 saturated carbocycles. The Balaban J connectivity index is 1.30. The minimum atomic E-state index is -3.88. The fourth-order valence-electron chi connectivity index (χ4n) is 7.00. The normalized spacial score (nSPS) is 20.9. The summed E-state index contributed by atoms with van der Waals surface area (Å²) in [6.45, 7) is 1.60. The van der Waals surface area contributed by atoms with Crippen molar-refractivity contribution in [3.63, 3.8) is 0 Å². The number of rotatable bonds is 10. The number of hydrogen-bond acceptors (Lipinski definition) is 9. The van der Waals surface area contributed by atoms with E-state index in [-0.39, 0.29) is 42.2 Å². The van der Waals surface area contributed by atoms with E-state index >= 15 is 0 Å². The molecule has 0 bridgehead atoms. The van der Waals surface area contributed by atoms with Gasteiger partial charge in [0.2, 0.25) is 21.8 Å². The molecule has 0 unspecified atom stereocenters. The SMILES string of the molecule is CNC(=O)[C@H]1CCCC[C@H]1C(=O)N1CCc2cccc(OCCNS(=O)(=O)c3cnoc3C)c2[C@H]1CN1C(=O)c2ccccc2C1=O. The first-order valence-corrected chi connectivity index (χ1v) is 17.2. The predicted molar refractivity (Wildman–Crippen MR) is 168 cm³/mol. The van der Waals surface area contributed by atoms with Gasteiger partial charge in [-0.2, -0.15) is 0 Å². The van der Waals surface area contributed by atoms with Gasteiger partial charge in [0.1, 0.15) is 17.3 Å². The van der Waals surface area contributed by atoms with Crippen molar-refractivity contribution in [3.05, 3.63) is 76.7 Å². The summed E-state index contributed by atoms with van der Waals surface area (Å²) < 4.78 is 38.9. The fraction of sp³-hybridized carbons (Fsp3) is 0.424. The van der Waals surface area contributed by atoms with Gasteiger partial charge in [-0.25, -0.2) is 13.1 Å². The number of sulfonamides is 1. The molecule has 3 heterocycles. The lowest BCUT2D eigenvalue weighted by Gasteiger charge is -2.42. The number of nitrogens with one attached hydrogen (secondary N) is 2. The molecule has 2 N–H and O–H groups in total. The Morgan fingerprint density at radius 3 is 2.38 bits per heavy atom. The summed E-state index contributed by atoms with van der Waals surface area (Å²) in [6.07, 6.45) is 4.44. The van der Waals surface area contributed by atoms with E-state index in [2.05, 4.69) is 15.2 Å². The van der Waals surface area contributed by atoms with Crippen molar-refractivity contribution < 1.29 is 36.9 Å². The maximum absolute atomic E-state index is 14.4. The minimum Gasteiger partial charge on any atom is -0.492 e. The average molecular weight is 664 g/mol. The third kappa shape index (κ3) is 6.14. The Hall–Kier alpha value is -4.56. The molecule has 6 rings (SSSR count). The first kappa shape index (κ1) is 32.4. The van der Waals surface area contributed by atoms with Gasteiger partial charge in [0, 0.05) is 37.5 Å². The lowest BCUT2D eigenvalue weighted by molar-refractivity contribution is -0.146. The molecule has 3 atom stereocenters. The van der Waals surface area contributed by atoms with Crippen LogP contribution in [0.2, 0.25) is 0 Å². The second-order valence-corrected chi connectivity index (χ2v) is 13.7. The van der Waals surface area contributed by atoms with Crippen molar-refractivity contribution in [2.24, 2.45) is 11.8 Å². The zero-order valence-electron chi connectivity index (χ0n) is 26.2. The second-order valence-electron chi connectivity index (χ2n) is 12.0. The molecule has 4 amide bonds. The van der Waals surface area contributed by atoms with Crippen LogP contribution in [0.15, 0.2) is 58.1 Å². The summed E-state index contributed by atoms with van der Waals surface area (Å²) in [6, 6.07) is 11.3. The zero-order valence-corrected chi connectivity index (χ0v) is 27.0. The summed E-state index contributed by atoms with van der Waals surface area (Å²) >= 11 is 0. The molecule has 2 aliphatic heterocycles. The van der Waals surface area contributed by atoms with E-state index in [1.807, 2.05) is 12.1 Å². The van der Waals surface area contributed by atoms with Gasteiger partial charge in [-0.05, 0) is 49.9 Å². The van der Waals surface area contributed by atoms with Gasteiger partial charge in [0.25, 0.3) is 11.8 Å². The van der Waals surface area contributed by atoms with Crippen molar-refractivity contribution >= 4 is 33.7 Å². The standard InChI is InChI=1S/C33H37N5O8S/c1-20-28(18-35-46-20)47(43,44)36-15-17-45-27-13-7-8-21-14-16-37(31(40)23-10-4-3-9-22(23)30(39)34-2)26(29(21)27)19-38-32(41)24-11-5-6-12-25(24)33(38)42/h5-8,11-13,18,22-23,26,36H,3-4,9-10,14-17,19H2,1-2H3,(H,34,39)/t22-,23+,26+/m0/s1. The topological polar surface area (TPSA) is 168 Å². The van der Waals surface area contributed by atoms with Crippen molar-refractivity contribution in [1.29, 1.82) is 0 Å². The highest BCUT2D eigenvalue weighted by atomic mass is 32.2. The van der Waals surface area contributed by atoms with Gasteiger partial charge < -0.3 is 19.5 Å². The first-order valence-electron chi connectivity index (χ1n) is 15.7. The number of aromatic nitrogens is 1. The van der Waals surface area contributed by atoms with Crippen LogP contribution in [0.1, 0.15) is 69.3 Å². The molecular weight excluding hydrogens is 626 g/mol. The molecule has 2 aromatic carbocycles. The highest BCUT2D eigenvalue weighted by molar-refractivity contribution is 7.89. The van der Waals surface area contributed by atoms with Crippen molar-refractivity contribution in [3.8, 4) is 5.75 Å². The molecule has 47 heavy (non-hydrogen) atoms. The van der Waals surface area contributed by atoms with E-state index in [1.54, 1.807) is 42.3 Å². The van der Waals surface area contributed by atoms with E-state index in [4.69, 9.17) is 9.26 Å². The lowest BCUT2D eigenvalue weighted by atomic mass is 9.77. The largest absolute Gasteiger partial charge is 0.492 e. The molecule has 0 radical (unpaired) electrons. The molecule has 0 spiro atoms. The van der Waals surface area contributed by atoms with Crippen LogP contribution in [0.4, 0.5) is 0 Å². The maximum atomic E-state index is 14.4. The molecule has 248 valence electrons. The Morgan fingerprint density at radius 1 is 1.02 bits per heavy atom. The summed E-state index contributed by atoms with van der Waals surface area (Å²) in [7, 11) is -2.32. The molecular formula is C33H37N5O8S. The van der Waals surface area contributed by atoms with E-state index < -0.39 is 39.7 Å². The van der Waals surface area contributed by atoms with Gasteiger partial charge in [0.05, 0.1) is 29.9 Å². The Bertz CT molecular complexity index is 1790. The number of carbonyl (C=O) groups excluding carboxylic acids is 4. The lowest BCUT2D eigenvalue weighted by Crippen LogP contribution is -2.51. The van der Waals surface area contributed by atoms with Crippen LogP contribution in [0, 0.1) is 18.8 Å². The monoisotopic (exact) mass is 663 g/mol. The Kier molecular flexibility index (Phi) is 9.15. The fourth-order valence-corrected chi connectivity index (χ4v) is 8.10. The third-order valence-electron chi connectivity index (χ3n) is 9.32. The zero-order chi connectivity index (χ0) is 33.3. The van der Waals surface area contributed by atoms with Gasteiger partial charge in [-0.1, -0.05) is 42.3 Å². The first-order chi connectivity index (χ1) is 22.6. The van der Waals surface area contributed by atoms with Crippen molar-refractivity contribution in [1.82, 2.24) is 25.0 Å². The highest BCUT2D eigenvalue weighted by Gasteiger charge is 2.45. The number of fused-ring (bicyclic) bond motifs is 2. The van der Waals surface area contributed by atoms with Crippen LogP contribution >= 0.6 is 0 Å². The Labute approximate surface area is 272 Å². The summed E-state index contributed by atoms with van der Waals surface area (Å²) in [5.74, 6) is -1.70. The second kappa shape index (κ2) is 13.3. The molecule has 0 saturated heterocycles. The number of hydrogen-bond donors (Lipinski definition) is 2. The number of amides is 4. The van der Waals surface area contributed by atoms with Gasteiger partial charge in [0.15, 0.2) is 5.76 Å². The van der Waals surface area contributed by atoms with Gasteiger partial charge in [-0.15, -0.1) is 0 Å². The van der Waals surface area contributed by atoms with Crippen LogP contribution in [0.25, 0.3) is 0 Å². The smallest absolute Gasteiger partial charge is 0.261 e. The molecule has 3 aliphatic rings. The van der Waals surface area contributed by atoms with Crippen LogP contribution in [0.3, 0.4) is 0 Å². The molecule has 3 aromatic rings. The third-order valence-corrected chi connectivity index (χ3v) is 10.9. The van der Waals surface area contributed by atoms with E-state index in [0.29, 0.717) is 48.2 Å². The van der Waals surface area contributed by atoms with Crippen LogP contribution in [-0.2, 0) is 26.0 Å². The summed E-state index contributed by atoms with van der Waals surface area (Å²) in [5, 5.41) is 6.23. The average Bonchev–Trinajstić information content (AvgIpc) is 3.63. The molecule has 13 nitrogen and oxygen atoms in total. The molecule has 1 fully saturated rings. The van der Waals surface area contributed by atoms with E-state index in [9.17, 15) is 27.6 Å². The van der Waals surface area contributed by atoms with E-state index in [1.165, 1.54) is 11.8 Å². The summed E-state index contributed by atoms with van der Waals surface area (Å²) in [5.41, 5.74) is 2.14. The number of ether oxygens (including phenoxy) is 1. The number of benzene rings is 2. The van der Waals surface area contributed by atoms with E-state index in [0.717, 1.165) is 24.6 Å². The quantitative estimate of drug-likeness (QED) is 0.245. The highest BCUT2D eigenvalue weighted by Crippen LogP contribution is 2.41. The van der Waals surface area contributed by atoms with Crippen LogP contribution in [0.5, 0.6) is 5.75 Å². The van der Waals surface area contributed by atoms with Crippen molar-refractivity contribution in [2.75, 3.05) is 33.3 Å². The minimum absolute atomic E-state index is 0.0466. The number of imide groups is 1. The number of carbonyl (C=O) groups is 4. The Morgan fingerprint density at radius 2 is 1.72 bits per heavy atom.